The molecule has 0 aromatic heterocycles. The van der Waals surface area contributed by atoms with Gasteiger partial charge < -0.3 is 9.47 Å². The topological polar surface area (TPSA) is 52.6 Å². The van der Waals surface area contributed by atoms with Crippen LogP contribution in [-0.2, 0) is 14.3 Å². The zero-order valence-corrected chi connectivity index (χ0v) is 10.4. The summed E-state index contributed by atoms with van der Waals surface area (Å²) < 4.78 is 10.9. The van der Waals surface area contributed by atoms with Crippen LogP contribution in [0.4, 0.5) is 0 Å². The third kappa shape index (κ3) is 2.31. The minimum atomic E-state index is -0.760. The summed E-state index contributed by atoms with van der Waals surface area (Å²) in [4.78, 5) is 23.6. The van der Waals surface area contributed by atoms with E-state index in [0.29, 0.717) is 24.0 Å². The molecule has 2 atom stereocenters. The third-order valence-electron chi connectivity index (χ3n) is 3.37. The number of Topliss-reactive ketones (excluding diaryl/α,β-unsaturated/α-hetero) is 1. The maximum atomic E-state index is 11.9. The lowest BCUT2D eigenvalue weighted by Gasteiger charge is -2.18. The Morgan fingerprint density at radius 2 is 2.00 bits per heavy atom. The van der Waals surface area contributed by atoms with Gasteiger partial charge in [0.1, 0.15) is 6.10 Å². The van der Waals surface area contributed by atoms with Gasteiger partial charge in [0.05, 0.1) is 5.56 Å². The standard InChI is InChI=1S/C15H14O4/c16-12-8-2-1-3-9-13(12)18-15-11-7-5-4-6-10(11)14(17)19-15/h1,3-7,13,15H,2,8-9H2. The summed E-state index contributed by atoms with van der Waals surface area (Å²) in [5, 5.41) is 0. The second kappa shape index (κ2) is 4.97. The van der Waals surface area contributed by atoms with Crippen molar-refractivity contribution in [3.8, 4) is 0 Å². The van der Waals surface area contributed by atoms with E-state index in [9.17, 15) is 9.59 Å². The summed E-state index contributed by atoms with van der Waals surface area (Å²) in [6.07, 6.45) is 4.40. The van der Waals surface area contributed by atoms with Crippen molar-refractivity contribution >= 4 is 11.8 Å². The minimum absolute atomic E-state index is 0.0606. The summed E-state index contributed by atoms with van der Waals surface area (Å²) in [6.45, 7) is 0. The number of ketones is 1. The molecule has 0 bridgehead atoms. The van der Waals surface area contributed by atoms with Crippen LogP contribution in [0.15, 0.2) is 36.4 Å². The molecule has 1 aromatic carbocycles. The summed E-state index contributed by atoms with van der Waals surface area (Å²) in [7, 11) is 0. The monoisotopic (exact) mass is 258 g/mol. The van der Waals surface area contributed by atoms with E-state index in [1.807, 2.05) is 18.2 Å². The number of allylic oxidation sites excluding steroid dienone is 1. The van der Waals surface area contributed by atoms with Crippen molar-refractivity contribution < 1.29 is 19.1 Å². The molecule has 2 unspecified atom stereocenters. The highest BCUT2D eigenvalue weighted by molar-refractivity contribution is 5.93. The Kier molecular flexibility index (Phi) is 3.17. The average molecular weight is 258 g/mol. The summed E-state index contributed by atoms with van der Waals surface area (Å²) in [6, 6.07) is 7.10. The molecular weight excluding hydrogens is 244 g/mol. The molecule has 0 N–H and O–H groups in total. The Morgan fingerprint density at radius 1 is 1.16 bits per heavy atom. The Balaban J connectivity index is 1.79. The van der Waals surface area contributed by atoms with Gasteiger partial charge in [-0.25, -0.2) is 4.79 Å². The number of hydrogen-bond acceptors (Lipinski definition) is 4. The molecule has 0 saturated heterocycles. The number of fused-ring (bicyclic) bond motifs is 1. The number of ether oxygens (including phenoxy) is 2. The van der Waals surface area contributed by atoms with Crippen molar-refractivity contribution in [1.29, 1.82) is 0 Å². The molecule has 98 valence electrons. The second-order valence-corrected chi connectivity index (χ2v) is 4.66. The molecule has 4 nitrogen and oxygen atoms in total. The zero-order chi connectivity index (χ0) is 13.2. The van der Waals surface area contributed by atoms with Crippen LogP contribution in [0.1, 0.15) is 41.5 Å². The maximum Gasteiger partial charge on any atom is 0.341 e. The van der Waals surface area contributed by atoms with Gasteiger partial charge in [0.25, 0.3) is 0 Å². The molecule has 0 saturated carbocycles. The van der Waals surface area contributed by atoms with Gasteiger partial charge in [-0.05, 0) is 18.9 Å². The van der Waals surface area contributed by atoms with E-state index in [1.165, 1.54) is 0 Å². The van der Waals surface area contributed by atoms with Crippen LogP contribution < -0.4 is 0 Å². The first kappa shape index (κ1) is 12.1. The molecule has 19 heavy (non-hydrogen) atoms. The molecule has 0 spiro atoms. The van der Waals surface area contributed by atoms with Crippen LogP contribution in [0.5, 0.6) is 0 Å². The van der Waals surface area contributed by atoms with Crippen molar-refractivity contribution in [2.75, 3.05) is 0 Å². The Bertz CT molecular complexity index is 547. The number of esters is 1. The van der Waals surface area contributed by atoms with Gasteiger partial charge in [-0.1, -0.05) is 30.4 Å². The highest BCUT2D eigenvalue weighted by atomic mass is 16.7. The summed E-state index contributed by atoms with van der Waals surface area (Å²) >= 11 is 0. The number of hydrogen-bond donors (Lipinski definition) is 0. The molecule has 1 aromatic rings. The number of rotatable bonds is 2. The highest BCUT2D eigenvalue weighted by Crippen LogP contribution is 2.33. The molecular formula is C15H14O4. The molecule has 3 rings (SSSR count). The van der Waals surface area contributed by atoms with E-state index in [0.717, 1.165) is 6.42 Å². The van der Waals surface area contributed by atoms with Crippen LogP contribution in [0, 0.1) is 0 Å². The smallest absolute Gasteiger partial charge is 0.341 e. The molecule has 0 fully saturated rings. The van der Waals surface area contributed by atoms with Crippen LogP contribution in [0.2, 0.25) is 0 Å². The molecule has 1 heterocycles. The lowest BCUT2D eigenvalue weighted by molar-refractivity contribution is -0.158. The van der Waals surface area contributed by atoms with Gasteiger partial charge >= 0.3 is 5.97 Å². The predicted molar refractivity (Wildman–Crippen MR) is 67.5 cm³/mol. The fourth-order valence-corrected chi connectivity index (χ4v) is 2.35. The van der Waals surface area contributed by atoms with Gasteiger partial charge in [-0.3, -0.25) is 4.79 Å². The van der Waals surface area contributed by atoms with Gasteiger partial charge in [0.2, 0.25) is 6.29 Å². The molecule has 0 amide bonds. The zero-order valence-electron chi connectivity index (χ0n) is 10.4. The Labute approximate surface area is 111 Å². The lowest BCUT2D eigenvalue weighted by atomic mass is 10.1. The normalized spacial score (nSPS) is 25.9. The Morgan fingerprint density at radius 3 is 2.89 bits per heavy atom. The number of carbonyl (C=O) groups excluding carboxylic acids is 2. The first-order valence-corrected chi connectivity index (χ1v) is 6.39. The van der Waals surface area contributed by atoms with E-state index >= 15 is 0 Å². The van der Waals surface area contributed by atoms with E-state index in [1.54, 1.807) is 18.2 Å². The van der Waals surface area contributed by atoms with Crippen molar-refractivity contribution in [3.63, 3.8) is 0 Å². The minimum Gasteiger partial charge on any atom is -0.428 e. The van der Waals surface area contributed by atoms with Crippen molar-refractivity contribution in [2.24, 2.45) is 0 Å². The van der Waals surface area contributed by atoms with Crippen LogP contribution in [0.25, 0.3) is 0 Å². The van der Waals surface area contributed by atoms with Crippen LogP contribution >= 0.6 is 0 Å². The van der Waals surface area contributed by atoms with Crippen LogP contribution in [0.3, 0.4) is 0 Å². The fraction of sp³-hybridized carbons (Fsp3) is 0.333. The molecule has 2 aliphatic rings. The Hall–Kier alpha value is -1.94. The number of carbonyl (C=O) groups is 2. The van der Waals surface area contributed by atoms with Crippen molar-refractivity contribution in [1.82, 2.24) is 0 Å². The van der Waals surface area contributed by atoms with Crippen LogP contribution in [-0.4, -0.2) is 17.9 Å². The molecule has 1 aliphatic heterocycles. The highest BCUT2D eigenvalue weighted by Gasteiger charge is 2.34. The molecule has 0 radical (unpaired) electrons. The van der Waals surface area contributed by atoms with E-state index in [2.05, 4.69) is 0 Å². The van der Waals surface area contributed by atoms with E-state index in [-0.39, 0.29) is 5.78 Å². The predicted octanol–water partition coefficient (Wildman–Crippen LogP) is 2.55. The maximum absolute atomic E-state index is 11.9. The third-order valence-corrected chi connectivity index (χ3v) is 3.37. The summed E-state index contributed by atoms with van der Waals surface area (Å²) in [5.41, 5.74) is 1.22. The molecule has 1 aliphatic carbocycles. The summed E-state index contributed by atoms with van der Waals surface area (Å²) in [5.74, 6) is -0.331. The van der Waals surface area contributed by atoms with Crippen molar-refractivity contribution in [2.45, 2.75) is 31.7 Å². The first-order chi connectivity index (χ1) is 9.25. The van der Waals surface area contributed by atoms with Gasteiger partial charge in [0.15, 0.2) is 5.78 Å². The second-order valence-electron chi connectivity index (χ2n) is 4.66. The van der Waals surface area contributed by atoms with E-state index in [4.69, 9.17) is 9.47 Å². The van der Waals surface area contributed by atoms with E-state index < -0.39 is 18.4 Å². The molecule has 4 heteroatoms. The average Bonchev–Trinajstić information content (AvgIpc) is 2.59. The van der Waals surface area contributed by atoms with Gasteiger partial charge in [0, 0.05) is 12.0 Å². The quantitative estimate of drug-likeness (QED) is 0.604. The van der Waals surface area contributed by atoms with Gasteiger partial charge in [-0.2, -0.15) is 0 Å². The van der Waals surface area contributed by atoms with Crippen molar-refractivity contribution in [3.05, 3.63) is 47.5 Å². The lowest BCUT2D eigenvalue weighted by Crippen LogP contribution is -2.25. The first-order valence-electron chi connectivity index (χ1n) is 6.39. The number of cyclic esters (lactones) is 1. The fourth-order valence-electron chi connectivity index (χ4n) is 2.35. The number of benzene rings is 1. The largest absolute Gasteiger partial charge is 0.428 e. The SMILES string of the molecule is O=C1OC(OC2CC=CCCC2=O)c2ccccc21. The van der Waals surface area contributed by atoms with Gasteiger partial charge in [-0.15, -0.1) is 0 Å².